The number of aromatic nitrogens is 1. The summed E-state index contributed by atoms with van der Waals surface area (Å²) in [6.45, 7) is 5.95. The number of hydrogen-bond donors (Lipinski definition) is 1. The van der Waals surface area contributed by atoms with Crippen molar-refractivity contribution in [2.24, 2.45) is 0 Å². The van der Waals surface area contributed by atoms with Gasteiger partial charge < -0.3 is 10.1 Å². The molecular weight excluding hydrogens is 220 g/mol. The highest BCUT2D eigenvalue weighted by atomic mass is 32.1. The lowest BCUT2D eigenvalue weighted by molar-refractivity contribution is 0.137. The minimum atomic E-state index is 0.0419. The van der Waals surface area contributed by atoms with Crippen LogP contribution in [0.15, 0.2) is 0 Å². The summed E-state index contributed by atoms with van der Waals surface area (Å²) < 4.78 is 5.55. The van der Waals surface area contributed by atoms with Gasteiger partial charge in [0.1, 0.15) is 5.01 Å². The van der Waals surface area contributed by atoms with Crippen LogP contribution >= 0.6 is 11.3 Å². The molecule has 1 aliphatic heterocycles. The van der Waals surface area contributed by atoms with Crippen molar-refractivity contribution in [3.8, 4) is 0 Å². The largest absolute Gasteiger partial charge is 0.381 e. The first-order chi connectivity index (χ1) is 7.68. The molecule has 1 aliphatic rings. The first-order valence-corrected chi connectivity index (χ1v) is 6.71. The lowest BCUT2D eigenvalue weighted by Crippen LogP contribution is -2.40. The molecule has 90 valence electrons. The topological polar surface area (TPSA) is 34.2 Å². The van der Waals surface area contributed by atoms with E-state index >= 15 is 0 Å². The summed E-state index contributed by atoms with van der Waals surface area (Å²) in [6.07, 6.45) is 3.25. The monoisotopic (exact) mass is 240 g/mol. The minimum Gasteiger partial charge on any atom is -0.381 e. The van der Waals surface area contributed by atoms with Gasteiger partial charge in [0.2, 0.25) is 0 Å². The summed E-state index contributed by atoms with van der Waals surface area (Å²) in [4.78, 5) is 6.05. The molecule has 1 aromatic heterocycles. The summed E-state index contributed by atoms with van der Waals surface area (Å²) in [5, 5.41) is 4.71. The van der Waals surface area contributed by atoms with Crippen LogP contribution < -0.4 is 5.32 Å². The Morgan fingerprint density at radius 3 is 2.75 bits per heavy atom. The third-order valence-electron chi connectivity index (χ3n) is 3.48. The lowest BCUT2D eigenvalue weighted by atomic mass is 9.91. The Morgan fingerprint density at radius 1 is 1.31 bits per heavy atom. The Kier molecular flexibility index (Phi) is 3.62. The Hall–Kier alpha value is -0.450. The smallest absolute Gasteiger partial charge is 0.113 e. The van der Waals surface area contributed by atoms with E-state index in [-0.39, 0.29) is 5.54 Å². The molecule has 0 saturated carbocycles. The van der Waals surface area contributed by atoms with Gasteiger partial charge >= 0.3 is 0 Å². The fourth-order valence-corrected chi connectivity index (χ4v) is 3.37. The molecule has 1 atom stereocenters. The van der Waals surface area contributed by atoms with Crippen LogP contribution in [0.25, 0.3) is 0 Å². The molecule has 0 aliphatic carbocycles. The maximum absolute atomic E-state index is 5.55. The molecule has 4 heteroatoms. The van der Waals surface area contributed by atoms with Gasteiger partial charge in [-0.1, -0.05) is 0 Å². The third-order valence-corrected chi connectivity index (χ3v) is 4.76. The van der Waals surface area contributed by atoms with Crippen LogP contribution in [0.2, 0.25) is 0 Å². The Labute approximate surface area is 101 Å². The highest BCUT2D eigenvalue weighted by molar-refractivity contribution is 7.11. The standard InChI is InChI=1S/C12H20N2OS/c1-9-10(2)16-11(14-9)12(13-3)5-4-7-15-8-6-12/h13H,4-8H2,1-3H3. The van der Waals surface area contributed by atoms with Crippen molar-refractivity contribution in [3.05, 3.63) is 15.6 Å². The van der Waals surface area contributed by atoms with Gasteiger partial charge in [-0.25, -0.2) is 4.98 Å². The van der Waals surface area contributed by atoms with E-state index in [2.05, 4.69) is 19.2 Å². The second-order valence-corrected chi connectivity index (χ2v) is 5.66. The molecule has 2 heterocycles. The summed E-state index contributed by atoms with van der Waals surface area (Å²) in [6, 6.07) is 0. The van der Waals surface area contributed by atoms with Crippen molar-refractivity contribution in [1.29, 1.82) is 0 Å². The van der Waals surface area contributed by atoms with E-state index in [1.54, 1.807) is 0 Å². The van der Waals surface area contributed by atoms with E-state index in [4.69, 9.17) is 9.72 Å². The highest BCUT2D eigenvalue weighted by Gasteiger charge is 2.34. The van der Waals surface area contributed by atoms with E-state index < -0.39 is 0 Å². The number of aryl methyl sites for hydroxylation is 2. The van der Waals surface area contributed by atoms with Gasteiger partial charge in [-0.3, -0.25) is 0 Å². The zero-order valence-corrected chi connectivity index (χ0v) is 11.1. The molecule has 3 nitrogen and oxygen atoms in total. The molecule has 0 aromatic carbocycles. The molecule has 1 fully saturated rings. The zero-order valence-electron chi connectivity index (χ0n) is 10.3. The SMILES string of the molecule is CNC1(c2nc(C)c(C)s2)CCCOCC1. The molecule has 1 N–H and O–H groups in total. The number of nitrogens with one attached hydrogen (secondary N) is 1. The number of nitrogens with zero attached hydrogens (tertiary/aromatic N) is 1. The van der Waals surface area contributed by atoms with Crippen LogP contribution in [0.1, 0.15) is 34.8 Å². The van der Waals surface area contributed by atoms with Crippen molar-refractivity contribution < 1.29 is 4.74 Å². The fourth-order valence-electron chi connectivity index (χ4n) is 2.20. The molecule has 16 heavy (non-hydrogen) atoms. The molecule has 0 spiro atoms. The fraction of sp³-hybridized carbons (Fsp3) is 0.750. The van der Waals surface area contributed by atoms with Crippen molar-refractivity contribution in [1.82, 2.24) is 10.3 Å². The highest BCUT2D eigenvalue weighted by Crippen LogP contribution is 2.35. The predicted octanol–water partition coefficient (Wildman–Crippen LogP) is 2.38. The molecule has 1 saturated heterocycles. The minimum absolute atomic E-state index is 0.0419. The number of ether oxygens (including phenoxy) is 1. The first-order valence-electron chi connectivity index (χ1n) is 5.89. The number of rotatable bonds is 2. The van der Waals surface area contributed by atoms with Crippen molar-refractivity contribution in [2.75, 3.05) is 20.3 Å². The second kappa shape index (κ2) is 4.82. The number of thiazole rings is 1. The van der Waals surface area contributed by atoms with Crippen LogP contribution in [0.5, 0.6) is 0 Å². The van der Waals surface area contributed by atoms with Crippen LogP contribution in [-0.2, 0) is 10.3 Å². The second-order valence-electron chi connectivity index (χ2n) is 4.46. The molecule has 0 bridgehead atoms. The third kappa shape index (κ3) is 2.14. The van der Waals surface area contributed by atoms with E-state index in [0.29, 0.717) is 0 Å². The van der Waals surface area contributed by atoms with Gasteiger partial charge in [-0.15, -0.1) is 11.3 Å². The van der Waals surface area contributed by atoms with Gasteiger partial charge in [0.25, 0.3) is 0 Å². The van der Waals surface area contributed by atoms with Gasteiger partial charge in [-0.05, 0) is 40.2 Å². The maximum atomic E-state index is 5.55. The normalized spacial score (nSPS) is 26.7. The zero-order chi connectivity index (χ0) is 11.6. The van der Waals surface area contributed by atoms with Crippen LogP contribution in [-0.4, -0.2) is 25.2 Å². The summed E-state index contributed by atoms with van der Waals surface area (Å²) in [5.74, 6) is 0. The first kappa shape index (κ1) is 12.0. The van der Waals surface area contributed by atoms with E-state index in [1.807, 2.05) is 18.4 Å². The van der Waals surface area contributed by atoms with Gasteiger partial charge in [0, 0.05) is 18.1 Å². The van der Waals surface area contributed by atoms with Crippen molar-refractivity contribution in [3.63, 3.8) is 0 Å². The summed E-state index contributed by atoms with van der Waals surface area (Å²) in [7, 11) is 2.04. The Bertz CT molecular complexity index is 334. The van der Waals surface area contributed by atoms with Crippen LogP contribution in [0, 0.1) is 13.8 Å². The molecule has 2 rings (SSSR count). The van der Waals surface area contributed by atoms with Crippen LogP contribution in [0.3, 0.4) is 0 Å². The van der Waals surface area contributed by atoms with E-state index in [1.165, 1.54) is 15.6 Å². The van der Waals surface area contributed by atoms with Gasteiger partial charge in [0.15, 0.2) is 0 Å². The van der Waals surface area contributed by atoms with Crippen molar-refractivity contribution >= 4 is 11.3 Å². The average molecular weight is 240 g/mol. The lowest BCUT2D eigenvalue weighted by Gasteiger charge is -2.29. The van der Waals surface area contributed by atoms with E-state index in [9.17, 15) is 0 Å². The van der Waals surface area contributed by atoms with Crippen molar-refractivity contribution in [2.45, 2.75) is 38.6 Å². The van der Waals surface area contributed by atoms with Gasteiger partial charge in [-0.2, -0.15) is 0 Å². The molecule has 0 radical (unpaired) electrons. The van der Waals surface area contributed by atoms with Crippen LogP contribution in [0.4, 0.5) is 0 Å². The Morgan fingerprint density at radius 2 is 2.12 bits per heavy atom. The maximum Gasteiger partial charge on any atom is 0.113 e. The Balaban J connectivity index is 2.31. The molecule has 1 unspecified atom stereocenters. The quantitative estimate of drug-likeness (QED) is 0.862. The van der Waals surface area contributed by atoms with Gasteiger partial charge in [0.05, 0.1) is 11.2 Å². The molecule has 1 aromatic rings. The summed E-state index contributed by atoms with van der Waals surface area (Å²) in [5.41, 5.74) is 1.21. The number of hydrogen-bond acceptors (Lipinski definition) is 4. The van der Waals surface area contributed by atoms with E-state index in [0.717, 1.165) is 32.5 Å². The molecular formula is C12H20N2OS. The summed E-state index contributed by atoms with van der Waals surface area (Å²) >= 11 is 1.82. The predicted molar refractivity (Wildman–Crippen MR) is 67.0 cm³/mol. The molecule has 0 amide bonds. The average Bonchev–Trinajstić information content (AvgIpc) is 2.54.